The predicted molar refractivity (Wildman–Crippen MR) is 114 cm³/mol. The molecule has 0 radical (unpaired) electrons. The molecule has 1 atom stereocenters. The number of carbonyl (C=O) groups is 1. The summed E-state index contributed by atoms with van der Waals surface area (Å²) in [6.07, 6.45) is 9.28. The molecule has 4 rings (SSSR count). The molecule has 0 bridgehead atoms. The lowest BCUT2D eigenvalue weighted by molar-refractivity contribution is 0.0724. The van der Waals surface area contributed by atoms with Crippen LogP contribution in [-0.2, 0) is 0 Å². The van der Waals surface area contributed by atoms with Crippen LogP contribution in [-0.4, -0.2) is 66.0 Å². The lowest BCUT2D eigenvalue weighted by atomic mass is 10.0. The molecule has 28 heavy (non-hydrogen) atoms. The molecular weight excluding hydrogens is 348 g/mol. The number of anilines is 1. The summed E-state index contributed by atoms with van der Waals surface area (Å²) in [5.74, 6) is 2.59. The van der Waals surface area contributed by atoms with Crippen LogP contribution < -0.4 is 4.90 Å². The molecule has 154 valence electrons. The van der Waals surface area contributed by atoms with Gasteiger partial charge < -0.3 is 9.80 Å². The molecule has 1 aromatic rings. The van der Waals surface area contributed by atoms with Crippen LogP contribution >= 0.6 is 0 Å². The number of nitrogens with zero attached hydrogens (tertiary/aromatic N) is 4. The van der Waals surface area contributed by atoms with Crippen LogP contribution in [0.5, 0.6) is 0 Å². The third-order valence-corrected chi connectivity index (χ3v) is 6.67. The van der Waals surface area contributed by atoms with Crippen LogP contribution in [0.1, 0.15) is 62.7 Å². The fourth-order valence-corrected chi connectivity index (χ4v) is 4.83. The molecule has 3 aliphatic rings. The number of carbonyl (C=O) groups excluding carboxylic acids is 1. The second-order valence-corrected chi connectivity index (χ2v) is 9.28. The van der Waals surface area contributed by atoms with E-state index in [1.54, 1.807) is 0 Å². The highest BCUT2D eigenvalue weighted by Gasteiger charge is 2.33. The molecular formula is C23H36N4O. The summed E-state index contributed by atoms with van der Waals surface area (Å²) < 4.78 is 0. The Balaban J connectivity index is 1.55. The largest absolute Gasteiger partial charge is 0.354 e. The maximum Gasteiger partial charge on any atom is 0.257 e. The van der Waals surface area contributed by atoms with E-state index in [0.29, 0.717) is 12.0 Å². The molecule has 5 nitrogen and oxygen atoms in total. The van der Waals surface area contributed by atoms with Crippen molar-refractivity contribution < 1.29 is 4.79 Å². The Morgan fingerprint density at radius 1 is 1.11 bits per heavy atom. The SMILES string of the molecule is CC(C)C1CN(c2ncccc2C(=O)N2CCCCC2)CCCN1CC1CC1. The number of amides is 1. The highest BCUT2D eigenvalue weighted by atomic mass is 16.2. The fraction of sp³-hybridized carbons (Fsp3) is 0.739. The molecule has 2 aliphatic heterocycles. The van der Waals surface area contributed by atoms with Crippen molar-refractivity contribution in [3.05, 3.63) is 23.9 Å². The van der Waals surface area contributed by atoms with Gasteiger partial charge in [0.25, 0.3) is 5.91 Å². The number of aromatic nitrogens is 1. The maximum atomic E-state index is 13.2. The van der Waals surface area contributed by atoms with E-state index in [9.17, 15) is 4.79 Å². The van der Waals surface area contributed by atoms with Gasteiger partial charge in [0.1, 0.15) is 5.82 Å². The molecule has 1 aliphatic carbocycles. The Bertz CT molecular complexity index is 666. The minimum Gasteiger partial charge on any atom is -0.354 e. The standard InChI is InChI=1S/C23H36N4O/c1-18(2)21-17-27(15-7-14-26(21)16-19-9-10-19)22-20(8-6-11-24-22)23(28)25-12-4-3-5-13-25/h6,8,11,18-19,21H,3-5,7,9-10,12-17H2,1-2H3. The summed E-state index contributed by atoms with van der Waals surface area (Å²) in [6.45, 7) is 10.8. The minimum atomic E-state index is 0.169. The van der Waals surface area contributed by atoms with Gasteiger partial charge in [-0.3, -0.25) is 9.69 Å². The van der Waals surface area contributed by atoms with Crippen molar-refractivity contribution in [2.75, 3.05) is 44.2 Å². The van der Waals surface area contributed by atoms with E-state index >= 15 is 0 Å². The average molecular weight is 385 g/mol. The first-order valence-electron chi connectivity index (χ1n) is 11.4. The van der Waals surface area contributed by atoms with Gasteiger partial charge in [0.05, 0.1) is 5.56 Å². The molecule has 3 fully saturated rings. The van der Waals surface area contributed by atoms with Gasteiger partial charge in [0.15, 0.2) is 0 Å². The quantitative estimate of drug-likeness (QED) is 0.777. The van der Waals surface area contributed by atoms with Crippen molar-refractivity contribution in [3.63, 3.8) is 0 Å². The number of piperidine rings is 1. The third-order valence-electron chi connectivity index (χ3n) is 6.67. The van der Waals surface area contributed by atoms with Gasteiger partial charge in [0.2, 0.25) is 0 Å². The fourth-order valence-electron chi connectivity index (χ4n) is 4.83. The monoisotopic (exact) mass is 384 g/mol. The summed E-state index contributed by atoms with van der Waals surface area (Å²) in [4.78, 5) is 25.1. The number of likely N-dealkylation sites (tertiary alicyclic amines) is 1. The van der Waals surface area contributed by atoms with Crippen molar-refractivity contribution in [1.82, 2.24) is 14.8 Å². The number of hydrogen-bond acceptors (Lipinski definition) is 4. The molecule has 1 aromatic heterocycles. The van der Waals surface area contributed by atoms with Crippen LogP contribution in [0.25, 0.3) is 0 Å². The van der Waals surface area contributed by atoms with Crippen molar-refractivity contribution in [2.45, 2.75) is 58.4 Å². The second-order valence-electron chi connectivity index (χ2n) is 9.28. The summed E-state index contributed by atoms with van der Waals surface area (Å²) in [5.41, 5.74) is 0.794. The van der Waals surface area contributed by atoms with Crippen LogP contribution in [0.15, 0.2) is 18.3 Å². The molecule has 1 unspecified atom stereocenters. The van der Waals surface area contributed by atoms with Crippen molar-refractivity contribution in [3.8, 4) is 0 Å². The van der Waals surface area contributed by atoms with Crippen LogP contribution in [0.2, 0.25) is 0 Å². The van der Waals surface area contributed by atoms with E-state index in [4.69, 9.17) is 4.98 Å². The molecule has 0 N–H and O–H groups in total. The lowest BCUT2D eigenvalue weighted by Crippen LogP contribution is -2.46. The van der Waals surface area contributed by atoms with E-state index < -0.39 is 0 Å². The van der Waals surface area contributed by atoms with Gasteiger partial charge >= 0.3 is 0 Å². The molecule has 3 heterocycles. The van der Waals surface area contributed by atoms with Crippen LogP contribution in [0.3, 0.4) is 0 Å². The van der Waals surface area contributed by atoms with Gasteiger partial charge in [-0.2, -0.15) is 0 Å². The lowest BCUT2D eigenvalue weighted by Gasteiger charge is -2.35. The normalized spacial score (nSPS) is 24.5. The summed E-state index contributed by atoms with van der Waals surface area (Å²) >= 11 is 0. The van der Waals surface area contributed by atoms with Gasteiger partial charge in [0, 0.05) is 51.5 Å². The van der Waals surface area contributed by atoms with Gasteiger partial charge in [-0.15, -0.1) is 0 Å². The zero-order valence-electron chi connectivity index (χ0n) is 17.6. The molecule has 2 saturated heterocycles. The second kappa shape index (κ2) is 8.81. The molecule has 0 spiro atoms. The number of rotatable bonds is 5. The summed E-state index contributed by atoms with van der Waals surface area (Å²) in [7, 11) is 0. The van der Waals surface area contributed by atoms with Crippen LogP contribution in [0.4, 0.5) is 5.82 Å². The highest BCUT2D eigenvalue weighted by Crippen LogP contribution is 2.32. The van der Waals surface area contributed by atoms with E-state index in [2.05, 4.69) is 23.6 Å². The van der Waals surface area contributed by atoms with Gasteiger partial charge in [-0.05, 0) is 62.5 Å². The Morgan fingerprint density at radius 3 is 2.61 bits per heavy atom. The molecule has 0 aromatic carbocycles. The van der Waals surface area contributed by atoms with Crippen molar-refractivity contribution in [2.24, 2.45) is 11.8 Å². The molecule has 5 heteroatoms. The first-order chi connectivity index (χ1) is 13.6. The average Bonchev–Trinajstić information content (AvgIpc) is 3.55. The summed E-state index contributed by atoms with van der Waals surface area (Å²) in [6, 6.07) is 4.43. The Kier molecular flexibility index (Phi) is 6.19. The smallest absolute Gasteiger partial charge is 0.257 e. The van der Waals surface area contributed by atoms with Gasteiger partial charge in [-0.25, -0.2) is 4.98 Å². The number of hydrogen-bond donors (Lipinski definition) is 0. The topological polar surface area (TPSA) is 39.7 Å². The molecule has 1 saturated carbocycles. The Hall–Kier alpha value is -1.62. The Morgan fingerprint density at radius 2 is 1.89 bits per heavy atom. The van der Waals surface area contributed by atoms with Crippen LogP contribution in [0, 0.1) is 11.8 Å². The molecule has 1 amide bonds. The van der Waals surface area contributed by atoms with E-state index in [1.165, 1.54) is 25.8 Å². The Labute approximate surface area is 170 Å². The predicted octanol–water partition coefficient (Wildman–Crippen LogP) is 3.65. The summed E-state index contributed by atoms with van der Waals surface area (Å²) in [5, 5.41) is 0. The highest BCUT2D eigenvalue weighted by molar-refractivity contribution is 5.99. The van der Waals surface area contributed by atoms with Gasteiger partial charge in [-0.1, -0.05) is 13.8 Å². The van der Waals surface area contributed by atoms with Crippen molar-refractivity contribution >= 4 is 11.7 Å². The van der Waals surface area contributed by atoms with E-state index in [1.807, 2.05) is 23.2 Å². The third kappa shape index (κ3) is 4.51. The zero-order valence-corrected chi connectivity index (χ0v) is 17.6. The first kappa shape index (κ1) is 19.7. The van der Waals surface area contributed by atoms with Crippen molar-refractivity contribution in [1.29, 1.82) is 0 Å². The van der Waals surface area contributed by atoms with E-state index in [0.717, 1.165) is 69.3 Å². The zero-order chi connectivity index (χ0) is 19.5. The minimum absolute atomic E-state index is 0.169. The maximum absolute atomic E-state index is 13.2. The first-order valence-corrected chi connectivity index (χ1v) is 11.4. The number of pyridine rings is 1. The van der Waals surface area contributed by atoms with E-state index in [-0.39, 0.29) is 5.91 Å².